The molecule has 0 fully saturated rings. The summed E-state index contributed by atoms with van der Waals surface area (Å²) in [7, 11) is 0. The molecule has 0 spiro atoms. The van der Waals surface area contributed by atoms with Crippen LogP contribution < -0.4 is 11.1 Å². The molecule has 0 aliphatic heterocycles. The summed E-state index contributed by atoms with van der Waals surface area (Å²) < 4.78 is 26.9. The number of nitrogens with two attached hydrogens (primary N) is 1. The maximum Gasteiger partial charge on any atom is 0.251 e. The molecule has 5 nitrogen and oxygen atoms in total. The van der Waals surface area contributed by atoms with Crippen LogP contribution >= 0.6 is 0 Å². The summed E-state index contributed by atoms with van der Waals surface area (Å²) in [5.74, 6) is -2.16. The van der Waals surface area contributed by atoms with Gasteiger partial charge >= 0.3 is 0 Å². The highest BCUT2D eigenvalue weighted by Gasteiger charge is 2.13. The lowest BCUT2D eigenvalue weighted by Crippen LogP contribution is -2.14. The van der Waals surface area contributed by atoms with Crippen LogP contribution in [0.25, 0.3) is 0 Å². The van der Waals surface area contributed by atoms with E-state index < -0.39 is 17.5 Å². The van der Waals surface area contributed by atoms with E-state index in [1.807, 2.05) is 0 Å². The zero-order valence-electron chi connectivity index (χ0n) is 10.7. The van der Waals surface area contributed by atoms with Crippen LogP contribution in [-0.4, -0.2) is 15.9 Å². The molecule has 2 rings (SSSR count). The SMILES string of the molecule is Cc1nccc(CNc2cc(C(N)=O)c(F)cc2F)n1. The largest absolute Gasteiger partial charge is 0.377 e. The Morgan fingerprint density at radius 2 is 2.10 bits per heavy atom. The lowest BCUT2D eigenvalue weighted by atomic mass is 10.1. The molecule has 1 aromatic heterocycles. The van der Waals surface area contributed by atoms with Crippen LogP contribution in [0.4, 0.5) is 14.5 Å². The van der Waals surface area contributed by atoms with Gasteiger partial charge in [-0.15, -0.1) is 0 Å². The first-order valence-electron chi connectivity index (χ1n) is 5.78. The van der Waals surface area contributed by atoms with Crippen LogP contribution in [0.1, 0.15) is 21.9 Å². The summed E-state index contributed by atoms with van der Waals surface area (Å²) in [6, 6.07) is 3.32. The third-order valence-corrected chi connectivity index (χ3v) is 2.62. The number of anilines is 1. The second-order valence-corrected chi connectivity index (χ2v) is 4.12. The molecular formula is C13H12F2N4O. The predicted octanol–water partition coefficient (Wildman–Crippen LogP) is 1.77. The minimum atomic E-state index is -0.988. The smallest absolute Gasteiger partial charge is 0.251 e. The Labute approximate surface area is 113 Å². The van der Waals surface area contributed by atoms with Gasteiger partial charge in [0.05, 0.1) is 23.5 Å². The van der Waals surface area contributed by atoms with Gasteiger partial charge in [-0.25, -0.2) is 18.7 Å². The number of amides is 1. The van der Waals surface area contributed by atoms with Gasteiger partial charge in [0, 0.05) is 12.3 Å². The number of hydrogen-bond acceptors (Lipinski definition) is 4. The number of halogens is 2. The summed E-state index contributed by atoms with van der Waals surface area (Å²) in [6.45, 7) is 1.94. The van der Waals surface area contributed by atoms with Crippen molar-refractivity contribution >= 4 is 11.6 Å². The summed E-state index contributed by atoms with van der Waals surface area (Å²) in [5, 5.41) is 2.74. The first-order valence-corrected chi connectivity index (χ1v) is 5.78. The summed E-state index contributed by atoms with van der Waals surface area (Å²) in [6.07, 6.45) is 1.58. The first kappa shape index (κ1) is 13.9. The van der Waals surface area contributed by atoms with Gasteiger partial charge in [0.1, 0.15) is 17.5 Å². The number of aryl methyl sites for hydroxylation is 1. The number of nitrogens with zero attached hydrogens (tertiary/aromatic N) is 2. The first-order chi connectivity index (χ1) is 9.47. The highest BCUT2D eigenvalue weighted by Crippen LogP contribution is 2.19. The van der Waals surface area contributed by atoms with E-state index >= 15 is 0 Å². The van der Waals surface area contributed by atoms with Gasteiger partial charge in [0.25, 0.3) is 5.91 Å². The normalized spacial score (nSPS) is 10.3. The molecule has 0 radical (unpaired) electrons. The van der Waals surface area contributed by atoms with E-state index in [1.165, 1.54) is 0 Å². The fourth-order valence-corrected chi connectivity index (χ4v) is 1.66. The van der Waals surface area contributed by atoms with Crippen molar-refractivity contribution in [3.63, 3.8) is 0 Å². The van der Waals surface area contributed by atoms with E-state index in [-0.39, 0.29) is 17.8 Å². The Kier molecular flexibility index (Phi) is 3.88. The van der Waals surface area contributed by atoms with Crippen LogP contribution in [0.5, 0.6) is 0 Å². The van der Waals surface area contributed by atoms with E-state index in [2.05, 4.69) is 15.3 Å². The second kappa shape index (κ2) is 5.60. The van der Waals surface area contributed by atoms with E-state index in [9.17, 15) is 13.6 Å². The third-order valence-electron chi connectivity index (χ3n) is 2.62. The van der Waals surface area contributed by atoms with Crippen molar-refractivity contribution in [2.45, 2.75) is 13.5 Å². The van der Waals surface area contributed by atoms with Gasteiger partial charge < -0.3 is 11.1 Å². The molecule has 2 aromatic rings. The molecule has 0 atom stereocenters. The molecule has 1 heterocycles. The number of carbonyl (C=O) groups excluding carboxylic acids is 1. The van der Waals surface area contributed by atoms with Crippen molar-refractivity contribution in [2.75, 3.05) is 5.32 Å². The fourth-order valence-electron chi connectivity index (χ4n) is 1.66. The average Bonchev–Trinajstić information content (AvgIpc) is 2.37. The van der Waals surface area contributed by atoms with E-state index in [4.69, 9.17) is 5.73 Å². The summed E-state index contributed by atoms with van der Waals surface area (Å²) in [5.41, 5.74) is 5.27. The fraction of sp³-hybridized carbons (Fsp3) is 0.154. The van der Waals surface area contributed by atoms with Crippen LogP contribution in [0.2, 0.25) is 0 Å². The molecule has 0 aliphatic carbocycles. The lowest BCUT2D eigenvalue weighted by Gasteiger charge is -2.09. The zero-order valence-corrected chi connectivity index (χ0v) is 10.7. The molecule has 20 heavy (non-hydrogen) atoms. The van der Waals surface area contributed by atoms with Crippen molar-refractivity contribution in [1.82, 2.24) is 9.97 Å². The standard InChI is InChI=1S/C13H12F2N4O/c1-7-17-3-2-8(19-7)6-18-12-4-9(13(16)20)10(14)5-11(12)15/h2-5,18H,6H2,1H3,(H2,16,20). The van der Waals surface area contributed by atoms with Crippen LogP contribution in [0.3, 0.4) is 0 Å². The molecule has 104 valence electrons. The van der Waals surface area contributed by atoms with Gasteiger partial charge in [-0.2, -0.15) is 0 Å². The molecule has 0 saturated heterocycles. The molecule has 3 N–H and O–H groups in total. The van der Waals surface area contributed by atoms with Gasteiger partial charge in [-0.05, 0) is 19.1 Å². The maximum absolute atomic E-state index is 13.6. The van der Waals surface area contributed by atoms with Crippen molar-refractivity contribution < 1.29 is 13.6 Å². The van der Waals surface area contributed by atoms with E-state index in [0.29, 0.717) is 17.6 Å². The van der Waals surface area contributed by atoms with E-state index in [0.717, 1.165) is 6.07 Å². The Balaban J connectivity index is 2.21. The molecular weight excluding hydrogens is 266 g/mol. The number of rotatable bonds is 4. The van der Waals surface area contributed by atoms with Gasteiger partial charge in [0.15, 0.2) is 0 Å². The van der Waals surface area contributed by atoms with Gasteiger partial charge in [-0.1, -0.05) is 0 Å². The van der Waals surface area contributed by atoms with Gasteiger partial charge in [-0.3, -0.25) is 4.79 Å². The van der Waals surface area contributed by atoms with Crippen molar-refractivity contribution in [2.24, 2.45) is 5.73 Å². The number of aromatic nitrogens is 2. The van der Waals surface area contributed by atoms with Crippen molar-refractivity contribution in [1.29, 1.82) is 0 Å². The topological polar surface area (TPSA) is 80.9 Å². The average molecular weight is 278 g/mol. The van der Waals surface area contributed by atoms with Crippen LogP contribution in [-0.2, 0) is 6.54 Å². The molecule has 0 aliphatic rings. The Morgan fingerprint density at radius 1 is 1.35 bits per heavy atom. The molecule has 1 aromatic carbocycles. The molecule has 0 bridgehead atoms. The molecule has 0 unspecified atom stereocenters. The quantitative estimate of drug-likeness (QED) is 0.893. The second-order valence-electron chi connectivity index (χ2n) is 4.12. The Morgan fingerprint density at radius 3 is 2.75 bits per heavy atom. The lowest BCUT2D eigenvalue weighted by molar-refractivity contribution is 0.0996. The minimum Gasteiger partial charge on any atom is -0.377 e. The summed E-state index contributed by atoms with van der Waals surface area (Å²) in [4.78, 5) is 19.1. The van der Waals surface area contributed by atoms with Crippen molar-refractivity contribution in [3.05, 3.63) is 53.1 Å². The Bertz CT molecular complexity index is 661. The van der Waals surface area contributed by atoms with E-state index in [1.54, 1.807) is 19.2 Å². The van der Waals surface area contributed by atoms with Crippen molar-refractivity contribution in [3.8, 4) is 0 Å². The van der Waals surface area contributed by atoms with Crippen LogP contribution in [0, 0.1) is 18.6 Å². The highest BCUT2D eigenvalue weighted by molar-refractivity contribution is 5.94. The number of hydrogen-bond donors (Lipinski definition) is 2. The minimum absolute atomic E-state index is 0.0172. The summed E-state index contributed by atoms with van der Waals surface area (Å²) >= 11 is 0. The molecule has 1 amide bonds. The number of primary amides is 1. The monoisotopic (exact) mass is 278 g/mol. The predicted molar refractivity (Wildman–Crippen MR) is 69.0 cm³/mol. The number of benzene rings is 1. The number of carbonyl (C=O) groups is 1. The maximum atomic E-state index is 13.6. The third kappa shape index (κ3) is 3.05. The Hall–Kier alpha value is -2.57. The molecule has 7 heteroatoms. The number of nitrogens with one attached hydrogen (secondary N) is 1. The zero-order chi connectivity index (χ0) is 14.7. The highest BCUT2D eigenvalue weighted by atomic mass is 19.1. The van der Waals surface area contributed by atoms with Crippen LogP contribution in [0.15, 0.2) is 24.4 Å². The van der Waals surface area contributed by atoms with Gasteiger partial charge in [0.2, 0.25) is 0 Å². The molecule has 0 saturated carbocycles.